The van der Waals surface area contributed by atoms with Crippen molar-refractivity contribution in [3.63, 3.8) is 0 Å². The van der Waals surface area contributed by atoms with Crippen LogP contribution in [0.4, 0.5) is 0 Å². The fourth-order valence-electron chi connectivity index (χ4n) is 0.747. The van der Waals surface area contributed by atoms with Gasteiger partial charge in [-0.05, 0) is 6.92 Å². The van der Waals surface area contributed by atoms with Crippen molar-refractivity contribution in [2.45, 2.75) is 23.5 Å². The maximum absolute atomic E-state index is 3.66. The second-order valence-corrected chi connectivity index (χ2v) is 6.25. The third-order valence-electron chi connectivity index (χ3n) is 2.02. The minimum Gasteiger partial charge on any atom is -0.328 e. The average molecular weight is 288 g/mol. The molecule has 0 aliphatic rings. The van der Waals surface area contributed by atoms with E-state index in [2.05, 4.69) is 59.8 Å². The van der Waals surface area contributed by atoms with Crippen molar-refractivity contribution < 1.29 is 4.48 Å². The van der Waals surface area contributed by atoms with Gasteiger partial charge in [0.15, 0.2) is 0 Å². The van der Waals surface area contributed by atoms with E-state index in [1.165, 1.54) is 13.1 Å². The van der Waals surface area contributed by atoms with E-state index in [-0.39, 0.29) is 0 Å². The molecule has 0 unspecified atom stereocenters. The molecule has 0 aliphatic carbocycles. The Kier molecular flexibility index (Phi) is 5.23. The molecule has 0 aromatic heterocycles. The van der Waals surface area contributed by atoms with Gasteiger partial charge in [-0.3, -0.25) is 0 Å². The monoisotopic (exact) mass is 286 g/mol. The Labute approximate surface area is 87.0 Å². The molecule has 68 valence electrons. The third kappa shape index (κ3) is 5.21. The molecule has 2 atom stereocenters. The van der Waals surface area contributed by atoms with Crippen LogP contribution in [-0.2, 0) is 0 Å². The molecule has 0 aliphatic heterocycles. The predicted octanol–water partition coefficient (Wildman–Crippen LogP) is 2.63. The Morgan fingerprint density at radius 3 is 2.00 bits per heavy atom. The number of nitrogens with zero attached hydrogens (tertiary/aromatic N) is 1. The van der Waals surface area contributed by atoms with Crippen molar-refractivity contribution >= 4 is 31.9 Å². The molecule has 0 amide bonds. The maximum atomic E-state index is 3.66. The SMILES string of the molecule is CC[N+](C)(C)C[C@H](Br)[C@H](C)Br. The predicted molar refractivity (Wildman–Crippen MR) is 58.6 cm³/mol. The summed E-state index contributed by atoms with van der Waals surface area (Å²) < 4.78 is 1.08. The van der Waals surface area contributed by atoms with Gasteiger partial charge in [-0.15, -0.1) is 0 Å². The van der Waals surface area contributed by atoms with Gasteiger partial charge in [-0.1, -0.05) is 38.8 Å². The van der Waals surface area contributed by atoms with E-state index in [0.29, 0.717) is 9.65 Å². The summed E-state index contributed by atoms with van der Waals surface area (Å²) in [5.41, 5.74) is 0. The molecule has 0 radical (unpaired) electrons. The highest BCUT2D eigenvalue weighted by molar-refractivity contribution is 9.12. The first-order valence-corrected chi connectivity index (χ1v) is 5.82. The molecule has 0 saturated carbocycles. The van der Waals surface area contributed by atoms with Gasteiger partial charge in [0.25, 0.3) is 0 Å². The van der Waals surface area contributed by atoms with Gasteiger partial charge in [0, 0.05) is 4.83 Å². The third-order valence-corrected chi connectivity index (χ3v) is 4.45. The smallest absolute Gasteiger partial charge is 0.0920 e. The fourth-order valence-corrected chi connectivity index (χ4v) is 1.70. The van der Waals surface area contributed by atoms with Crippen LogP contribution >= 0.6 is 31.9 Å². The van der Waals surface area contributed by atoms with Crippen LogP contribution in [0.25, 0.3) is 0 Å². The molecular formula is C8H18Br2N+. The van der Waals surface area contributed by atoms with Gasteiger partial charge in [-0.2, -0.15) is 0 Å². The Hall–Kier alpha value is 0.920. The lowest BCUT2D eigenvalue weighted by Gasteiger charge is -2.31. The van der Waals surface area contributed by atoms with Gasteiger partial charge in [0.2, 0.25) is 0 Å². The molecule has 1 nitrogen and oxygen atoms in total. The van der Waals surface area contributed by atoms with Crippen LogP contribution in [0.2, 0.25) is 0 Å². The molecule has 0 N–H and O–H groups in total. The van der Waals surface area contributed by atoms with Gasteiger partial charge < -0.3 is 4.48 Å². The standard InChI is InChI=1S/C8H18Br2N/c1-5-11(3,4)6-8(10)7(2)9/h7-8H,5-6H2,1-4H3/q+1/t7-,8-/m0/s1. The number of rotatable bonds is 4. The van der Waals surface area contributed by atoms with Crippen LogP contribution in [0.15, 0.2) is 0 Å². The lowest BCUT2D eigenvalue weighted by atomic mass is 10.3. The van der Waals surface area contributed by atoms with Gasteiger partial charge in [0.1, 0.15) is 0 Å². The van der Waals surface area contributed by atoms with E-state index in [1.54, 1.807) is 0 Å². The van der Waals surface area contributed by atoms with Crippen molar-refractivity contribution in [3.05, 3.63) is 0 Å². The van der Waals surface area contributed by atoms with Crippen LogP contribution < -0.4 is 0 Å². The van der Waals surface area contributed by atoms with Gasteiger partial charge in [0.05, 0.1) is 32.0 Å². The summed E-state index contributed by atoms with van der Waals surface area (Å²) in [7, 11) is 4.51. The summed E-state index contributed by atoms with van der Waals surface area (Å²) in [5, 5.41) is 0. The van der Waals surface area contributed by atoms with Crippen molar-refractivity contribution in [3.8, 4) is 0 Å². The molecule has 0 fully saturated rings. The zero-order chi connectivity index (χ0) is 9.07. The van der Waals surface area contributed by atoms with E-state index in [0.717, 1.165) is 4.48 Å². The second kappa shape index (κ2) is 4.83. The van der Waals surface area contributed by atoms with Crippen LogP contribution in [0.3, 0.4) is 0 Å². The van der Waals surface area contributed by atoms with E-state index in [4.69, 9.17) is 0 Å². The summed E-state index contributed by atoms with van der Waals surface area (Å²) in [6.45, 7) is 6.75. The van der Waals surface area contributed by atoms with Crippen molar-refractivity contribution in [2.24, 2.45) is 0 Å². The number of halogens is 2. The molecular weight excluding hydrogens is 270 g/mol. The molecule has 0 rings (SSSR count). The fraction of sp³-hybridized carbons (Fsp3) is 1.00. The molecule has 0 saturated heterocycles. The zero-order valence-electron chi connectivity index (χ0n) is 7.77. The minimum absolute atomic E-state index is 0.548. The molecule has 0 heterocycles. The number of quaternary nitrogens is 1. The van der Waals surface area contributed by atoms with Crippen molar-refractivity contribution in [2.75, 3.05) is 27.2 Å². The highest BCUT2D eigenvalue weighted by Gasteiger charge is 2.21. The van der Waals surface area contributed by atoms with Crippen LogP contribution in [0.1, 0.15) is 13.8 Å². The average Bonchev–Trinajstić information content (AvgIpc) is 1.87. The highest BCUT2D eigenvalue weighted by Crippen LogP contribution is 2.16. The number of hydrogen-bond acceptors (Lipinski definition) is 0. The molecule has 0 spiro atoms. The molecule has 0 aromatic carbocycles. The van der Waals surface area contributed by atoms with Crippen LogP contribution in [-0.4, -0.2) is 41.3 Å². The van der Waals surface area contributed by atoms with E-state index >= 15 is 0 Å². The first kappa shape index (κ1) is 11.9. The zero-order valence-corrected chi connectivity index (χ0v) is 10.9. The number of alkyl halides is 2. The quantitative estimate of drug-likeness (QED) is 0.551. The summed E-state index contributed by atoms with van der Waals surface area (Å²) in [6.07, 6.45) is 0. The van der Waals surface area contributed by atoms with Crippen LogP contribution in [0.5, 0.6) is 0 Å². The van der Waals surface area contributed by atoms with Crippen molar-refractivity contribution in [1.29, 1.82) is 0 Å². The normalized spacial score (nSPS) is 18.0. The Bertz CT molecular complexity index is 113. The van der Waals surface area contributed by atoms with Gasteiger partial charge >= 0.3 is 0 Å². The highest BCUT2D eigenvalue weighted by atomic mass is 79.9. The van der Waals surface area contributed by atoms with Gasteiger partial charge in [-0.25, -0.2) is 0 Å². The first-order chi connectivity index (χ1) is 4.89. The lowest BCUT2D eigenvalue weighted by Crippen LogP contribution is -2.45. The first-order valence-electron chi connectivity index (χ1n) is 3.99. The van der Waals surface area contributed by atoms with Crippen LogP contribution in [0, 0.1) is 0 Å². The topological polar surface area (TPSA) is 0 Å². The Balaban J connectivity index is 3.83. The largest absolute Gasteiger partial charge is 0.328 e. The summed E-state index contributed by atoms with van der Waals surface area (Å²) in [6, 6.07) is 0. The van der Waals surface area contributed by atoms with E-state index < -0.39 is 0 Å². The minimum atomic E-state index is 0.548. The van der Waals surface area contributed by atoms with E-state index in [1.807, 2.05) is 0 Å². The Morgan fingerprint density at radius 2 is 1.73 bits per heavy atom. The summed E-state index contributed by atoms with van der Waals surface area (Å²) in [4.78, 5) is 1.11. The summed E-state index contributed by atoms with van der Waals surface area (Å²) in [5.74, 6) is 0. The molecule has 0 bridgehead atoms. The molecule has 11 heavy (non-hydrogen) atoms. The van der Waals surface area contributed by atoms with Crippen molar-refractivity contribution in [1.82, 2.24) is 0 Å². The number of hydrogen-bond donors (Lipinski definition) is 0. The maximum Gasteiger partial charge on any atom is 0.0920 e. The van der Waals surface area contributed by atoms with E-state index in [9.17, 15) is 0 Å². The lowest BCUT2D eigenvalue weighted by molar-refractivity contribution is -0.887. The molecule has 3 heteroatoms. The summed E-state index contributed by atoms with van der Waals surface area (Å²) >= 11 is 7.22. The second-order valence-electron chi connectivity index (χ2n) is 3.63. The molecule has 0 aromatic rings. The Morgan fingerprint density at radius 1 is 1.27 bits per heavy atom.